The summed E-state index contributed by atoms with van der Waals surface area (Å²) in [4.78, 5) is 24.5. The number of amides is 1. The van der Waals surface area contributed by atoms with Gasteiger partial charge in [-0.2, -0.15) is 14.5 Å². The Balaban J connectivity index is 1.58. The number of aliphatic hydroxyl groups excluding tert-OH is 1. The number of imidazole rings is 1. The quantitative estimate of drug-likeness (QED) is 0.484. The van der Waals surface area contributed by atoms with Crippen molar-refractivity contribution < 1.29 is 14.3 Å². The highest BCUT2D eigenvalue weighted by Gasteiger charge is 2.23. The fourth-order valence-electron chi connectivity index (χ4n) is 4.33. The molecule has 8 nitrogen and oxygen atoms in total. The molecule has 0 spiro atoms. The van der Waals surface area contributed by atoms with E-state index in [-0.39, 0.29) is 17.7 Å². The average molecular weight is 434 g/mol. The maximum atomic E-state index is 14.2. The van der Waals surface area contributed by atoms with Gasteiger partial charge in [0.1, 0.15) is 0 Å². The second-order valence-corrected chi connectivity index (χ2v) is 8.18. The molecular weight excluding hydrogens is 411 g/mol. The molecule has 9 heteroatoms. The number of halogens is 1. The first-order valence-electron chi connectivity index (χ1n) is 10.6. The van der Waals surface area contributed by atoms with Crippen LogP contribution in [0.2, 0.25) is 0 Å². The van der Waals surface area contributed by atoms with Gasteiger partial charge >= 0.3 is 0 Å². The summed E-state index contributed by atoms with van der Waals surface area (Å²) >= 11 is 0. The molecule has 32 heavy (non-hydrogen) atoms. The van der Waals surface area contributed by atoms with E-state index in [1.807, 2.05) is 28.8 Å². The molecule has 5 rings (SSSR count). The first kappa shape index (κ1) is 20.3. The summed E-state index contributed by atoms with van der Waals surface area (Å²) in [6, 6.07) is 10.5. The number of aryl methyl sites for hydroxylation is 1. The molecule has 0 saturated heterocycles. The topological polar surface area (TPSA) is 101 Å². The van der Waals surface area contributed by atoms with Crippen LogP contribution < -0.4 is 5.62 Å². The molecule has 0 unspecified atom stereocenters. The smallest absolute Gasteiger partial charge is 0.280 e. The van der Waals surface area contributed by atoms with Gasteiger partial charge in [0.2, 0.25) is 11.6 Å². The maximum absolute atomic E-state index is 14.2. The summed E-state index contributed by atoms with van der Waals surface area (Å²) in [6.07, 6.45) is 5.97. The summed E-state index contributed by atoms with van der Waals surface area (Å²) in [5.41, 5.74) is 3.27. The van der Waals surface area contributed by atoms with Gasteiger partial charge in [0, 0.05) is 36.5 Å². The molecular formula is C23H23FN6O2. The molecule has 4 aromatic rings. The van der Waals surface area contributed by atoms with Crippen LogP contribution in [0.25, 0.3) is 22.3 Å². The number of H-pyrrole nitrogens is 1. The van der Waals surface area contributed by atoms with E-state index >= 15 is 0 Å². The van der Waals surface area contributed by atoms with Crippen molar-refractivity contribution in [1.29, 1.82) is 0 Å². The summed E-state index contributed by atoms with van der Waals surface area (Å²) in [6.45, 7) is 0. The molecule has 1 aliphatic carbocycles. The summed E-state index contributed by atoms with van der Waals surface area (Å²) in [5.74, 6) is -1.32. The number of para-hydroxylation sites is 2. The van der Waals surface area contributed by atoms with Crippen LogP contribution in [0.1, 0.15) is 42.1 Å². The van der Waals surface area contributed by atoms with E-state index in [0.29, 0.717) is 29.7 Å². The highest BCUT2D eigenvalue weighted by Crippen LogP contribution is 2.29. The lowest BCUT2D eigenvalue weighted by atomic mass is 9.93. The first-order valence-corrected chi connectivity index (χ1v) is 10.6. The Morgan fingerprint density at radius 3 is 2.75 bits per heavy atom. The van der Waals surface area contributed by atoms with Gasteiger partial charge in [-0.3, -0.25) is 9.48 Å². The van der Waals surface area contributed by atoms with Crippen molar-refractivity contribution >= 4 is 16.9 Å². The number of benzene rings is 1. The van der Waals surface area contributed by atoms with Gasteiger partial charge in [-0.25, -0.2) is 4.98 Å². The second kappa shape index (κ2) is 8.16. The van der Waals surface area contributed by atoms with Crippen molar-refractivity contribution in [2.75, 3.05) is 0 Å². The molecule has 2 N–H and O–H groups in total. The van der Waals surface area contributed by atoms with Crippen LogP contribution in [0.4, 0.5) is 4.39 Å². The standard InChI is InChI=1S/C23H23FN6O2/c1-29-13-15(12-25-29)19-10-14(11-21(24)26-19)22(32)28-23-27-18-4-2-3-5-20(18)30(23)16-6-8-17(31)9-7-16/h2-5,10-13,16-17,31H,6-9H2,1H3,(H,27,28,32)/t16-,17+. The molecule has 0 aliphatic heterocycles. The lowest BCUT2D eigenvalue weighted by Gasteiger charge is -2.27. The van der Waals surface area contributed by atoms with Crippen LogP contribution in [0, 0.1) is 5.95 Å². The van der Waals surface area contributed by atoms with Crippen LogP contribution in [-0.4, -0.2) is 41.4 Å². The van der Waals surface area contributed by atoms with Gasteiger partial charge < -0.3 is 14.7 Å². The Hall–Kier alpha value is -3.59. The van der Waals surface area contributed by atoms with Gasteiger partial charge in [0.25, 0.3) is 5.91 Å². The predicted molar refractivity (Wildman–Crippen MR) is 116 cm³/mol. The van der Waals surface area contributed by atoms with Gasteiger partial charge in [0.05, 0.1) is 29.0 Å². The van der Waals surface area contributed by atoms with Crippen molar-refractivity contribution in [3.8, 4) is 11.3 Å². The fraction of sp³-hybridized carbons (Fsp3) is 0.304. The van der Waals surface area contributed by atoms with E-state index < -0.39 is 11.9 Å². The number of hydrogen-bond acceptors (Lipinski definition) is 4. The number of aromatic nitrogens is 5. The largest absolute Gasteiger partial charge is 0.393 e. The van der Waals surface area contributed by atoms with E-state index in [4.69, 9.17) is 0 Å². The number of aliphatic hydroxyl groups is 1. The molecule has 1 saturated carbocycles. The van der Waals surface area contributed by atoms with E-state index in [1.165, 1.54) is 6.07 Å². The zero-order chi connectivity index (χ0) is 22.2. The Bertz CT molecular complexity index is 1360. The minimum atomic E-state index is -0.754. The number of carbonyl (C=O) groups is 1. The third kappa shape index (κ3) is 3.87. The molecule has 1 fully saturated rings. The molecule has 0 atom stereocenters. The van der Waals surface area contributed by atoms with Crippen molar-refractivity contribution in [2.45, 2.75) is 37.8 Å². The van der Waals surface area contributed by atoms with Crippen LogP contribution >= 0.6 is 0 Å². The number of aromatic amines is 1. The molecule has 3 heterocycles. The average Bonchev–Trinajstić information content (AvgIpc) is 3.37. The lowest BCUT2D eigenvalue weighted by Crippen LogP contribution is -2.29. The zero-order valence-corrected chi connectivity index (χ0v) is 17.6. The Labute approximate surface area is 183 Å². The lowest BCUT2D eigenvalue weighted by molar-refractivity contribution is 0.0989. The zero-order valence-electron chi connectivity index (χ0n) is 17.6. The fourth-order valence-corrected chi connectivity index (χ4v) is 4.33. The normalized spacial score (nSPS) is 19.5. The van der Waals surface area contributed by atoms with Crippen LogP contribution in [0.15, 0.2) is 53.8 Å². The van der Waals surface area contributed by atoms with Gasteiger partial charge in [-0.1, -0.05) is 12.1 Å². The number of hydrogen-bond donors (Lipinski definition) is 2. The number of fused-ring (bicyclic) bond motifs is 1. The number of pyridine rings is 1. The molecule has 3 aromatic heterocycles. The van der Waals surface area contributed by atoms with Crippen molar-refractivity contribution in [3.05, 3.63) is 65.9 Å². The monoisotopic (exact) mass is 434 g/mol. The van der Waals surface area contributed by atoms with E-state index in [2.05, 4.69) is 20.1 Å². The number of carbonyl (C=O) groups excluding carboxylic acids is 1. The highest BCUT2D eigenvalue weighted by atomic mass is 19.1. The molecule has 1 aliphatic rings. The Morgan fingerprint density at radius 2 is 2.00 bits per heavy atom. The maximum Gasteiger partial charge on any atom is 0.280 e. The summed E-state index contributed by atoms with van der Waals surface area (Å²) in [7, 11) is 1.75. The van der Waals surface area contributed by atoms with E-state index in [0.717, 1.165) is 29.9 Å². The van der Waals surface area contributed by atoms with Gasteiger partial charge in [-0.15, -0.1) is 0 Å². The first-order chi connectivity index (χ1) is 15.5. The molecule has 1 amide bonds. The van der Waals surface area contributed by atoms with E-state index in [1.54, 1.807) is 24.1 Å². The highest BCUT2D eigenvalue weighted by molar-refractivity contribution is 5.95. The molecule has 164 valence electrons. The molecule has 0 radical (unpaired) electrons. The number of rotatable bonds is 3. The second-order valence-electron chi connectivity index (χ2n) is 8.18. The van der Waals surface area contributed by atoms with Crippen LogP contribution in [-0.2, 0) is 7.05 Å². The molecule has 0 bridgehead atoms. The van der Waals surface area contributed by atoms with Gasteiger partial charge in [-0.05, 0) is 43.9 Å². The summed E-state index contributed by atoms with van der Waals surface area (Å²) < 4.78 is 17.8. The Morgan fingerprint density at radius 1 is 1.22 bits per heavy atom. The van der Waals surface area contributed by atoms with Crippen LogP contribution in [0.5, 0.6) is 0 Å². The predicted octanol–water partition coefficient (Wildman–Crippen LogP) is 3.12. The third-order valence-electron chi connectivity index (χ3n) is 5.92. The number of nitrogens with zero attached hydrogens (tertiary/aromatic N) is 5. The van der Waals surface area contributed by atoms with Crippen LogP contribution in [0.3, 0.4) is 0 Å². The van der Waals surface area contributed by atoms with Crippen molar-refractivity contribution in [1.82, 2.24) is 24.3 Å². The SMILES string of the molecule is Cn1cc(-c2cc(C(=O)/N=c3\[nH]c4ccccc4n3[C@H]3CC[C@@H](O)CC3)cc(F)n2)cn1. The minimum Gasteiger partial charge on any atom is -0.393 e. The minimum absolute atomic E-state index is 0.112. The Kier molecular flexibility index (Phi) is 5.18. The molecule has 1 aromatic carbocycles. The third-order valence-corrected chi connectivity index (χ3v) is 5.92. The number of nitrogens with one attached hydrogen (secondary N) is 1. The van der Waals surface area contributed by atoms with Crippen molar-refractivity contribution in [3.63, 3.8) is 0 Å². The van der Waals surface area contributed by atoms with E-state index in [9.17, 15) is 14.3 Å². The van der Waals surface area contributed by atoms with Crippen molar-refractivity contribution in [2.24, 2.45) is 12.0 Å². The van der Waals surface area contributed by atoms with Gasteiger partial charge in [0.15, 0.2) is 0 Å². The summed E-state index contributed by atoms with van der Waals surface area (Å²) in [5, 5.41) is 14.0.